The fourth-order valence-corrected chi connectivity index (χ4v) is 1.90. The standard InChI is InChI=1S/C10H6ClF3O2/c11-6-3-5(1-2-7(6)12)9(8(15)16)4-10(9,13)14/h1-3H,4H2,(H,15,16). The summed E-state index contributed by atoms with van der Waals surface area (Å²) in [4.78, 5) is 10.9. The van der Waals surface area contributed by atoms with Gasteiger partial charge in [-0.3, -0.25) is 4.79 Å². The third kappa shape index (κ3) is 1.31. The van der Waals surface area contributed by atoms with E-state index >= 15 is 0 Å². The Bertz CT molecular complexity index is 475. The van der Waals surface area contributed by atoms with Gasteiger partial charge in [0, 0.05) is 6.42 Å². The lowest BCUT2D eigenvalue weighted by Crippen LogP contribution is -2.27. The van der Waals surface area contributed by atoms with Crippen molar-refractivity contribution in [2.75, 3.05) is 0 Å². The number of hydrogen-bond donors (Lipinski definition) is 1. The Morgan fingerprint density at radius 3 is 2.38 bits per heavy atom. The summed E-state index contributed by atoms with van der Waals surface area (Å²) in [5, 5.41) is 8.48. The molecule has 1 fully saturated rings. The Morgan fingerprint density at radius 2 is 2.00 bits per heavy atom. The molecule has 1 unspecified atom stereocenters. The fourth-order valence-electron chi connectivity index (χ4n) is 1.72. The molecule has 0 aliphatic heterocycles. The van der Waals surface area contributed by atoms with Crippen molar-refractivity contribution >= 4 is 17.6 Å². The number of aliphatic carboxylic acids is 1. The molecule has 0 radical (unpaired) electrons. The maximum atomic E-state index is 13.1. The second-order valence-corrected chi connectivity index (χ2v) is 4.13. The molecule has 2 rings (SSSR count). The molecule has 1 aliphatic carbocycles. The summed E-state index contributed by atoms with van der Waals surface area (Å²) in [5.74, 6) is -5.70. The Kier molecular flexibility index (Phi) is 2.21. The lowest BCUT2D eigenvalue weighted by Gasteiger charge is -2.11. The van der Waals surface area contributed by atoms with E-state index in [0.29, 0.717) is 0 Å². The van der Waals surface area contributed by atoms with Gasteiger partial charge in [0.2, 0.25) is 0 Å². The first-order chi connectivity index (χ1) is 7.31. The van der Waals surface area contributed by atoms with Crippen molar-refractivity contribution in [3.63, 3.8) is 0 Å². The number of alkyl halides is 2. The minimum absolute atomic E-state index is 0.170. The number of carboxylic acid groups (broad SMARTS) is 1. The summed E-state index contributed by atoms with van der Waals surface area (Å²) in [6.07, 6.45) is -0.780. The van der Waals surface area contributed by atoms with Gasteiger partial charge in [-0.25, -0.2) is 13.2 Å². The summed E-state index contributed by atoms with van der Waals surface area (Å²) in [6, 6.07) is 2.85. The van der Waals surface area contributed by atoms with Crippen molar-refractivity contribution in [3.05, 3.63) is 34.6 Å². The number of carbonyl (C=O) groups is 1. The number of rotatable bonds is 2. The molecule has 0 saturated heterocycles. The molecule has 1 N–H and O–H groups in total. The minimum Gasteiger partial charge on any atom is -0.480 e. The van der Waals surface area contributed by atoms with E-state index in [4.69, 9.17) is 16.7 Å². The Labute approximate surface area is 93.6 Å². The van der Waals surface area contributed by atoms with Crippen molar-refractivity contribution < 1.29 is 23.1 Å². The molecule has 0 bridgehead atoms. The van der Waals surface area contributed by atoms with Gasteiger partial charge in [-0.1, -0.05) is 17.7 Å². The lowest BCUT2D eigenvalue weighted by atomic mass is 9.95. The molecule has 1 atom stereocenters. The van der Waals surface area contributed by atoms with Crippen LogP contribution in [0.15, 0.2) is 18.2 Å². The third-order valence-corrected chi connectivity index (χ3v) is 3.05. The number of benzene rings is 1. The molecular weight excluding hydrogens is 245 g/mol. The van der Waals surface area contributed by atoms with E-state index in [1.165, 1.54) is 0 Å². The quantitative estimate of drug-likeness (QED) is 0.876. The molecular formula is C10H6ClF3O2. The van der Waals surface area contributed by atoms with E-state index in [2.05, 4.69) is 0 Å². The highest BCUT2D eigenvalue weighted by molar-refractivity contribution is 6.30. The average molecular weight is 251 g/mol. The first-order valence-electron chi connectivity index (χ1n) is 4.38. The molecule has 0 amide bonds. The molecule has 1 aromatic rings. The van der Waals surface area contributed by atoms with Crippen LogP contribution < -0.4 is 0 Å². The highest BCUT2D eigenvalue weighted by Gasteiger charge is 2.77. The average Bonchev–Trinajstić information content (AvgIpc) is 2.75. The van der Waals surface area contributed by atoms with Gasteiger partial charge in [0.25, 0.3) is 5.92 Å². The molecule has 2 nitrogen and oxygen atoms in total. The van der Waals surface area contributed by atoms with Gasteiger partial charge in [-0.15, -0.1) is 0 Å². The molecule has 1 aromatic carbocycles. The lowest BCUT2D eigenvalue weighted by molar-refractivity contribution is -0.142. The maximum absolute atomic E-state index is 13.1. The normalized spacial score (nSPS) is 26.5. The van der Waals surface area contributed by atoms with Gasteiger partial charge in [0.1, 0.15) is 5.82 Å². The van der Waals surface area contributed by atoms with Gasteiger partial charge in [0.15, 0.2) is 5.41 Å². The first kappa shape index (κ1) is 11.3. The Morgan fingerprint density at radius 1 is 1.44 bits per heavy atom. The van der Waals surface area contributed by atoms with Crippen LogP contribution in [0.4, 0.5) is 13.2 Å². The number of carboxylic acids is 1. The van der Waals surface area contributed by atoms with E-state index in [1.54, 1.807) is 0 Å². The Hall–Kier alpha value is -1.23. The van der Waals surface area contributed by atoms with Gasteiger partial charge in [-0.2, -0.15) is 0 Å². The summed E-state index contributed by atoms with van der Waals surface area (Å²) in [6.45, 7) is 0. The smallest absolute Gasteiger partial charge is 0.320 e. The van der Waals surface area contributed by atoms with Crippen LogP contribution in [0.5, 0.6) is 0 Å². The zero-order chi connectivity index (χ0) is 12.1. The maximum Gasteiger partial charge on any atom is 0.320 e. The highest BCUT2D eigenvalue weighted by atomic mass is 35.5. The first-order valence-corrected chi connectivity index (χ1v) is 4.76. The highest BCUT2D eigenvalue weighted by Crippen LogP contribution is 2.61. The Balaban J connectivity index is 2.51. The van der Waals surface area contributed by atoms with E-state index in [9.17, 15) is 18.0 Å². The fraction of sp³-hybridized carbons (Fsp3) is 0.300. The van der Waals surface area contributed by atoms with E-state index < -0.39 is 29.5 Å². The van der Waals surface area contributed by atoms with Crippen LogP contribution >= 0.6 is 11.6 Å². The van der Waals surface area contributed by atoms with Gasteiger partial charge in [-0.05, 0) is 17.7 Å². The molecule has 0 aromatic heterocycles. The van der Waals surface area contributed by atoms with Crippen molar-refractivity contribution in [1.82, 2.24) is 0 Å². The van der Waals surface area contributed by atoms with Crippen molar-refractivity contribution in [2.45, 2.75) is 17.8 Å². The van der Waals surface area contributed by atoms with Gasteiger partial charge < -0.3 is 5.11 Å². The molecule has 86 valence electrons. The van der Waals surface area contributed by atoms with Crippen molar-refractivity contribution in [1.29, 1.82) is 0 Å². The monoisotopic (exact) mass is 250 g/mol. The number of hydrogen-bond acceptors (Lipinski definition) is 1. The topological polar surface area (TPSA) is 37.3 Å². The third-order valence-electron chi connectivity index (χ3n) is 2.76. The van der Waals surface area contributed by atoms with Gasteiger partial charge >= 0.3 is 5.97 Å². The zero-order valence-electron chi connectivity index (χ0n) is 7.81. The van der Waals surface area contributed by atoms with Crippen LogP contribution in [-0.2, 0) is 10.2 Å². The largest absolute Gasteiger partial charge is 0.480 e. The van der Waals surface area contributed by atoms with Crippen LogP contribution in [0.1, 0.15) is 12.0 Å². The molecule has 1 saturated carbocycles. The van der Waals surface area contributed by atoms with Crippen LogP contribution in [-0.4, -0.2) is 17.0 Å². The molecule has 1 aliphatic rings. The molecule has 0 spiro atoms. The summed E-state index contributed by atoms with van der Waals surface area (Å²) in [7, 11) is 0. The summed E-state index contributed by atoms with van der Waals surface area (Å²) >= 11 is 5.43. The molecule has 16 heavy (non-hydrogen) atoms. The predicted molar refractivity (Wildman–Crippen MR) is 50.3 cm³/mol. The van der Waals surface area contributed by atoms with Crippen LogP contribution in [0.2, 0.25) is 5.02 Å². The SMILES string of the molecule is O=C(O)C1(c2ccc(F)c(Cl)c2)CC1(F)F. The summed E-state index contributed by atoms with van der Waals surface area (Å²) < 4.78 is 39.0. The van der Waals surface area contributed by atoms with Crippen LogP contribution in [0.25, 0.3) is 0 Å². The van der Waals surface area contributed by atoms with E-state index in [1.807, 2.05) is 0 Å². The second kappa shape index (κ2) is 3.13. The van der Waals surface area contributed by atoms with Crippen molar-refractivity contribution in [3.8, 4) is 0 Å². The van der Waals surface area contributed by atoms with E-state index in [-0.39, 0.29) is 10.6 Å². The summed E-state index contributed by atoms with van der Waals surface area (Å²) in [5.41, 5.74) is -2.42. The van der Waals surface area contributed by atoms with Crippen LogP contribution in [0.3, 0.4) is 0 Å². The minimum atomic E-state index is -3.31. The van der Waals surface area contributed by atoms with E-state index in [0.717, 1.165) is 18.2 Å². The second-order valence-electron chi connectivity index (χ2n) is 3.72. The molecule has 6 heteroatoms. The zero-order valence-corrected chi connectivity index (χ0v) is 8.56. The van der Waals surface area contributed by atoms with Crippen molar-refractivity contribution in [2.24, 2.45) is 0 Å². The molecule has 0 heterocycles. The number of halogens is 4. The van der Waals surface area contributed by atoms with Gasteiger partial charge in [0.05, 0.1) is 5.02 Å². The van der Waals surface area contributed by atoms with Crippen LogP contribution in [0, 0.1) is 5.82 Å². The predicted octanol–water partition coefficient (Wildman–Crippen LogP) is 2.84.